The zero-order valence-electron chi connectivity index (χ0n) is 7.33. The SMILES string of the molecule is CCC(O)CC(C)OC(C)=O. The normalized spacial score (nSPS) is 15.6. The van der Waals surface area contributed by atoms with Gasteiger partial charge in [0.1, 0.15) is 6.10 Å². The van der Waals surface area contributed by atoms with Gasteiger partial charge in [-0.15, -0.1) is 0 Å². The van der Waals surface area contributed by atoms with Gasteiger partial charge >= 0.3 is 5.97 Å². The van der Waals surface area contributed by atoms with E-state index in [0.29, 0.717) is 12.8 Å². The number of carbonyl (C=O) groups excluding carboxylic acids is 1. The second kappa shape index (κ2) is 5.13. The van der Waals surface area contributed by atoms with Crippen molar-refractivity contribution in [1.29, 1.82) is 0 Å². The molecule has 0 fully saturated rings. The maximum absolute atomic E-state index is 10.4. The van der Waals surface area contributed by atoms with Gasteiger partial charge in [0, 0.05) is 13.3 Å². The van der Waals surface area contributed by atoms with E-state index in [4.69, 9.17) is 9.84 Å². The second-order valence-electron chi connectivity index (χ2n) is 2.72. The van der Waals surface area contributed by atoms with Crippen LogP contribution in [0.3, 0.4) is 0 Å². The Labute approximate surface area is 67.4 Å². The third-order valence-electron chi connectivity index (χ3n) is 1.44. The van der Waals surface area contributed by atoms with Crippen LogP contribution in [0.2, 0.25) is 0 Å². The second-order valence-corrected chi connectivity index (χ2v) is 2.72. The van der Waals surface area contributed by atoms with Crippen molar-refractivity contribution in [3.8, 4) is 0 Å². The van der Waals surface area contributed by atoms with Gasteiger partial charge in [-0.3, -0.25) is 4.79 Å². The molecule has 2 unspecified atom stereocenters. The van der Waals surface area contributed by atoms with Crippen LogP contribution in [0.5, 0.6) is 0 Å². The van der Waals surface area contributed by atoms with Gasteiger partial charge in [-0.2, -0.15) is 0 Å². The molecule has 0 bridgehead atoms. The Kier molecular flexibility index (Phi) is 4.86. The molecule has 11 heavy (non-hydrogen) atoms. The summed E-state index contributed by atoms with van der Waals surface area (Å²) in [7, 11) is 0. The fraction of sp³-hybridized carbons (Fsp3) is 0.875. The molecular formula is C8H16O3. The number of ether oxygens (including phenoxy) is 1. The quantitative estimate of drug-likeness (QED) is 0.626. The first kappa shape index (κ1) is 10.4. The van der Waals surface area contributed by atoms with Gasteiger partial charge < -0.3 is 9.84 Å². The van der Waals surface area contributed by atoms with E-state index in [-0.39, 0.29) is 18.2 Å². The monoisotopic (exact) mass is 160 g/mol. The molecule has 0 saturated carbocycles. The molecule has 66 valence electrons. The highest BCUT2D eigenvalue weighted by atomic mass is 16.5. The van der Waals surface area contributed by atoms with E-state index in [9.17, 15) is 4.79 Å². The summed E-state index contributed by atoms with van der Waals surface area (Å²) >= 11 is 0. The Hall–Kier alpha value is -0.570. The summed E-state index contributed by atoms with van der Waals surface area (Å²) in [5, 5.41) is 9.15. The molecule has 0 amide bonds. The summed E-state index contributed by atoms with van der Waals surface area (Å²) in [5.41, 5.74) is 0. The van der Waals surface area contributed by atoms with E-state index < -0.39 is 0 Å². The van der Waals surface area contributed by atoms with Gasteiger partial charge in [0.15, 0.2) is 0 Å². The van der Waals surface area contributed by atoms with Gasteiger partial charge in [-0.25, -0.2) is 0 Å². The lowest BCUT2D eigenvalue weighted by molar-refractivity contribution is -0.146. The summed E-state index contributed by atoms with van der Waals surface area (Å²) < 4.78 is 4.82. The largest absolute Gasteiger partial charge is 0.463 e. The average Bonchev–Trinajstić information content (AvgIpc) is 1.85. The fourth-order valence-corrected chi connectivity index (χ4v) is 0.881. The third-order valence-corrected chi connectivity index (χ3v) is 1.44. The van der Waals surface area contributed by atoms with Gasteiger partial charge in [-0.1, -0.05) is 6.92 Å². The van der Waals surface area contributed by atoms with E-state index in [1.165, 1.54) is 6.92 Å². The third kappa shape index (κ3) is 5.85. The highest BCUT2D eigenvalue weighted by Gasteiger charge is 2.10. The number of rotatable bonds is 4. The molecule has 0 aliphatic rings. The van der Waals surface area contributed by atoms with Gasteiger partial charge in [-0.05, 0) is 13.3 Å². The van der Waals surface area contributed by atoms with Gasteiger partial charge in [0.25, 0.3) is 0 Å². The van der Waals surface area contributed by atoms with Crippen LogP contribution < -0.4 is 0 Å². The van der Waals surface area contributed by atoms with Crippen LogP contribution in [0.15, 0.2) is 0 Å². The minimum absolute atomic E-state index is 0.178. The van der Waals surface area contributed by atoms with E-state index in [1.54, 1.807) is 6.92 Å². The van der Waals surface area contributed by atoms with Crippen LogP contribution in [0.25, 0.3) is 0 Å². The minimum atomic E-state index is -0.357. The van der Waals surface area contributed by atoms with Gasteiger partial charge in [0.05, 0.1) is 6.10 Å². The molecule has 3 heteroatoms. The van der Waals surface area contributed by atoms with Gasteiger partial charge in [0.2, 0.25) is 0 Å². The number of aliphatic hydroxyl groups excluding tert-OH is 1. The van der Waals surface area contributed by atoms with E-state index in [1.807, 2.05) is 6.92 Å². The Morgan fingerprint density at radius 2 is 2.18 bits per heavy atom. The molecule has 0 heterocycles. The lowest BCUT2D eigenvalue weighted by Gasteiger charge is -2.14. The van der Waals surface area contributed by atoms with Crippen molar-refractivity contribution in [1.82, 2.24) is 0 Å². The van der Waals surface area contributed by atoms with Crippen LogP contribution in [-0.2, 0) is 9.53 Å². The molecule has 1 N–H and O–H groups in total. The molecule has 3 nitrogen and oxygen atoms in total. The van der Waals surface area contributed by atoms with E-state index in [0.717, 1.165) is 0 Å². The zero-order valence-corrected chi connectivity index (χ0v) is 7.33. The van der Waals surface area contributed by atoms with Crippen molar-refractivity contribution in [2.75, 3.05) is 0 Å². The number of hydrogen-bond acceptors (Lipinski definition) is 3. The molecule has 2 atom stereocenters. The highest BCUT2D eigenvalue weighted by molar-refractivity contribution is 5.66. The van der Waals surface area contributed by atoms with Crippen molar-refractivity contribution in [2.45, 2.75) is 45.8 Å². The van der Waals surface area contributed by atoms with E-state index >= 15 is 0 Å². The van der Waals surface area contributed by atoms with Crippen molar-refractivity contribution in [3.05, 3.63) is 0 Å². The Balaban J connectivity index is 3.51. The zero-order chi connectivity index (χ0) is 8.85. The van der Waals surface area contributed by atoms with Crippen LogP contribution >= 0.6 is 0 Å². The summed E-state index contributed by atoms with van der Waals surface area (Å²) in [6, 6.07) is 0. The summed E-state index contributed by atoms with van der Waals surface area (Å²) in [6.07, 6.45) is 0.689. The molecule has 0 radical (unpaired) electrons. The number of carbonyl (C=O) groups is 1. The maximum Gasteiger partial charge on any atom is 0.302 e. The maximum atomic E-state index is 10.4. The summed E-state index contributed by atoms with van der Waals surface area (Å²) in [5.74, 6) is -0.291. The van der Waals surface area contributed by atoms with Crippen LogP contribution in [0, 0.1) is 0 Å². The molecule has 0 aromatic heterocycles. The number of hydrogen-bond donors (Lipinski definition) is 1. The van der Waals surface area contributed by atoms with Crippen LogP contribution in [-0.4, -0.2) is 23.3 Å². The predicted molar refractivity (Wildman–Crippen MR) is 42.1 cm³/mol. The summed E-state index contributed by atoms with van der Waals surface area (Å²) in [6.45, 7) is 5.04. The smallest absolute Gasteiger partial charge is 0.302 e. The molecule has 0 aliphatic carbocycles. The Morgan fingerprint density at radius 3 is 2.55 bits per heavy atom. The number of aliphatic hydroxyl groups is 1. The molecule has 0 rings (SSSR count). The van der Waals surface area contributed by atoms with Crippen molar-refractivity contribution >= 4 is 5.97 Å². The standard InChI is InChI=1S/C8H16O3/c1-4-8(10)5-6(2)11-7(3)9/h6,8,10H,4-5H2,1-3H3. The molecule has 0 aromatic rings. The first-order valence-corrected chi connectivity index (χ1v) is 3.91. The molecule has 0 spiro atoms. The van der Waals surface area contributed by atoms with Crippen molar-refractivity contribution in [3.63, 3.8) is 0 Å². The van der Waals surface area contributed by atoms with Crippen molar-refractivity contribution in [2.24, 2.45) is 0 Å². The van der Waals surface area contributed by atoms with E-state index in [2.05, 4.69) is 0 Å². The molecule has 0 aliphatic heterocycles. The lowest BCUT2D eigenvalue weighted by Crippen LogP contribution is -2.19. The molecule has 0 aromatic carbocycles. The topological polar surface area (TPSA) is 46.5 Å². The molecule has 0 saturated heterocycles. The predicted octanol–water partition coefficient (Wildman–Crippen LogP) is 1.10. The summed E-state index contributed by atoms with van der Waals surface area (Å²) in [4.78, 5) is 10.4. The fourth-order valence-electron chi connectivity index (χ4n) is 0.881. The van der Waals surface area contributed by atoms with Crippen LogP contribution in [0.4, 0.5) is 0 Å². The Morgan fingerprint density at radius 1 is 1.64 bits per heavy atom. The average molecular weight is 160 g/mol. The highest BCUT2D eigenvalue weighted by Crippen LogP contribution is 2.04. The first-order chi connectivity index (χ1) is 5.06. The first-order valence-electron chi connectivity index (χ1n) is 3.91. The number of esters is 1. The Bertz CT molecular complexity index is 123. The van der Waals surface area contributed by atoms with Crippen LogP contribution in [0.1, 0.15) is 33.6 Å². The van der Waals surface area contributed by atoms with Crippen molar-refractivity contribution < 1.29 is 14.6 Å². The molecular weight excluding hydrogens is 144 g/mol. The minimum Gasteiger partial charge on any atom is -0.463 e. The lowest BCUT2D eigenvalue weighted by atomic mass is 10.1.